The first-order valence-corrected chi connectivity index (χ1v) is 8.26. The van der Waals surface area contributed by atoms with Crippen LogP contribution in [0.2, 0.25) is 0 Å². The van der Waals surface area contributed by atoms with Gasteiger partial charge in [0.25, 0.3) is 0 Å². The Balaban J connectivity index is 1.81. The van der Waals surface area contributed by atoms with Gasteiger partial charge in [-0.2, -0.15) is 0 Å². The summed E-state index contributed by atoms with van der Waals surface area (Å²) in [4.78, 5) is 14.9. The number of nitrogens with zero attached hydrogens (tertiary/aromatic N) is 1. The minimum atomic E-state index is -0.482. The molecule has 0 radical (unpaired) electrons. The molecule has 1 saturated carbocycles. The second-order valence-electron chi connectivity index (χ2n) is 6.60. The van der Waals surface area contributed by atoms with Crippen LogP contribution in [-0.4, -0.2) is 40.7 Å². The topological polar surface area (TPSA) is 49.8 Å². The van der Waals surface area contributed by atoms with Crippen LogP contribution in [0.25, 0.3) is 0 Å². The number of benzene rings is 1. The van der Waals surface area contributed by atoms with Crippen molar-refractivity contribution in [1.82, 2.24) is 4.90 Å². The van der Waals surface area contributed by atoms with Gasteiger partial charge in [0.2, 0.25) is 5.91 Å². The number of rotatable bonds is 2. The predicted octanol–water partition coefficient (Wildman–Crippen LogP) is 2.52. The average Bonchev–Trinajstić information content (AvgIpc) is 2.94. The van der Waals surface area contributed by atoms with Crippen molar-refractivity contribution in [2.75, 3.05) is 6.61 Å². The van der Waals surface area contributed by atoms with E-state index in [1.165, 1.54) is 0 Å². The third kappa shape index (κ3) is 2.77. The Labute approximate surface area is 132 Å². The molecule has 5 atom stereocenters. The smallest absolute Gasteiger partial charge is 0.228 e. The van der Waals surface area contributed by atoms with Crippen LogP contribution in [-0.2, 0) is 9.53 Å². The first-order valence-electron chi connectivity index (χ1n) is 8.26. The number of amides is 1. The summed E-state index contributed by atoms with van der Waals surface area (Å²) in [6.07, 6.45) is 1.90. The Morgan fingerprint density at radius 2 is 1.95 bits per heavy atom. The lowest BCUT2D eigenvalue weighted by atomic mass is 9.95. The van der Waals surface area contributed by atoms with Gasteiger partial charge < -0.3 is 14.7 Å². The molecular formula is C18H25NO3. The monoisotopic (exact) mass is 303 g/mol. The van der Waals surface area contributed by atoms with E-state index in [1.807, 2.05) is 49.1 Å². The van der Waals surface area contributed by atoms with Gasteiger partial charge in [0.15, 0.2) is 0 Å². The molecule has 2 aliphatic rings. The van der Waals surface area contributed by atoms with E-state index < -0.39 is 6.10 Å². The quantitative estimate of drug-likeness (QED) is 0.913. The minimum Gasteiger partial charge on any atom is -0.392 e. The van der Waals surface area contributed by atoms with Crippen molar-refractivity contribution in [2.24, 2.45) is 5.92 Å². The van der Waals surface area contributed by atoms with Crippen LogP contribution in [0.3, 0.4) is 0 Å². The van der Waals surface area contributed by atoms with E-state index in [1.54, 1.807) is 0 Å². The largest absolute Gasteiger partial charge is 0.392 e. The van der Waals surface area contributed by atoms with Crippen LogP contribution in [0.15, 0.2) is 30.3 Å². The summed E-state index contributed by atoms with van der Waals surface area (Å²) in [5.41, 5.74) is 1.10. The average molecular weight is 303 g/mol. The van der Waals surface area contributed by atoms with Crippen molar-refractivity contribution in [1.29, 1.82) is 0 Å². The molecule has 4 heteroatoms. The fraction of sp³-hybridized carbons (Fsp3) is 0.611. The molecule has 1 aliphatic heterocycles. The van der Waals surface area contributed by atoms with Gasteiger partial charge in [0, 0.05) is 0 Å². The Bertz CT molecular complexity index is 518. The van der Waals surface area contributed by atoms with Gasteiger partial charge in [-0.25, -0.2) is 0 Å². The van der Waals surface area contributed by atoms with Crippen LogP contribution in [0.1, 0.15) is 44.8 Å². The highest BCUT2D eigenvalue weighted by atomic mass is 16.5. The van der Waals surface area contributed by atoms with E-state index >= 15 is 0 Å². The van der Waals surface area contributed by atoms with Crippen molar-refractivity contribution in [3.8, 4) is 0 Å². The molecule has 0 bridgehead atoms. The SMILES string of the molecule is CC1COC(c2ccccc2)C(C)N1C(=O)C1CCCC1O. The number of aliphatic hydroxyl groups is 1. The molecule has 3 rings (SSSR count). The van der Waals surface area contributed by atoms with Crippen LogP contribution < -0.4 is 0 Å². The summed E-state index contributed by atoms with van der Waals surface area (Å²) in [6.45, 7) is 4.61. The van der Waals surface area contributed by atoms with Crippen LogP contribution in [0.5, 0.6) is 0 Å². The molecule has 5 unspecified atom stereocenters. The normalized spacial score (nSPS) is 35.6. The lowest BCUT2D eigenvalue weighted by molar-refractivity contribution is -0.160. The highest BCUT2D eigenvalue weighted by Crippen LogP contribution is 2.35. The molecule has 1 aromatic carbocycles. The molecule has 120 valence electrons. The maximum Gasteiger partial charge on any atom is 0.228 e. The first-order chi connectivity index (χ1) is 10.6. The molecule has 1 aromatic rings. The van der Waals surface area contributed by atoms with E-state index in [2.05, 4.69) is 0 Å². The zero-order valence-electron chi connectivity index (χ0n) is 13.3. The Hall–Kier alpha value is -1.39. The third-order valence-electron chi connectivity index (χ3n) is 5.05. The highest BCUT2D eigenvalue weighted by molar-refractivity contribution is 5.80. The zero-order chi connectivity index (χ0) is 15.7. The molecule has 1 amide bonds. The van der Waals surface area contributed by atoms with Crippen molar-refractivity contribution in [3.63, 3.8) is 0 Å². The maximum absolute atomic E-state index is 12.9. The number of carbonyl (C=O) groups is 1. The minimum absolute atomic E-state index is 0.0218. The number of hydrogen-bond acceptors (Lipinski definition) is 3. The van der Waals surface area contributed by atoms with Crippen LogP contribution in [0, 0.1) is 5.92 Å². The van der Waals surface area contributed by atoms with E-state index in [0.717, 1.165) is 24.8 Å². The third-order valence-corrected chi connectivity index (χ3v) is 5.05. The Morgan fingerprint density at radius 3 is 2.59 bits per heavy atom. The molecule has 4 nitrogen and oxygen atoms in total. The van der Waals surface area contributed by atoms with Crippen molar-refractivity contribution in [3.05, 3.63) is 35.9 Å². The maximum atomic E-state index is 12.9. The van der Waals surface area contributed by atoms with Crippen molar-refractivity contribution < 1.29 is 14.6 Å². The van der Waals surface area contributed by atoms with E-state index in [0.29, 0.717) is 6.61 Å². The van der Waals surface area contributed by atoms with Gasteiger partial charge in [-0.3, -0.25) is 4.79 Å². The van der Waals surface area contributed by atoms with Gasteiger partial charge >= 0.3 is 0 Å². The highest BCUT2D eigenvalue weighted by Gasteiger charge is 2.42. The van der Waals surface area contributed by atoms with Gasteiger partial charge in [-0.05, 0) is 38.7 Å². The van der Waals surface area contributed by atoms with Crippen molar-refractivity contribution >= 4 is 5.91 Å². The van der Waals surface area contributed by atoms with Gasteiger partial charge in [-0.15, -0.1) is 0 Å². The number of morpholine rings is 1. The number of hydrogen-bond donors (Lipinski definition) is 1. The van der Waals surface area contributed by atoms with Crippen LogP contribution in [0.4, 0.5) is 0 Å². The first kappa shape index (κ1) is 15.5. The van der Waals surface area contributed by atoms with Gasteiger partial charge in [0.05, 0.1) is 30.7 Å². The van der Waals surface area contributed by atoms with Gasteiger partial charge in [0.1, 0.15) is 6.10 Å². The molecular weight excluding hydrogens is 278 g/mol. The molecule has 1 N–H and O–H groups in total. The molecule has 0 aromatic heterocycles. The fourth-order valence-electron chi connectivity index (χ4n) is 3.87. The second-order valence-corrected chi connectivity index (χ2v) is 6.60. The lowest BCUT2D eigenvalue weighted by Crippen LogP contribution is -2.56. The molecule has 2 fully saturated rings. The number of ether oxygens (including phenoxy) is 1. The standard InChI is InChI=1S/C18H25NO3/c1-12-11-22-17(14-7-4-3-5-8-14)13(2)19(12)18(21)15-9-6-10-16(15)20/h3-5,7-8,12-13,15-17,20H,6,9-11H2,1-2H3. The second kappa shape index (κ2) is 6.39. The molecule has 0 spiro atoms. The summed E-state index contributed by atoms with van der Waals surface area (Å²) < 4.78 is 6.00. The number of carbonyl (C=O) groups excluding carboxylic acids is 1. The van der Waals surface area contributed by atoms with E-state index in [-0.39, 0.29) is 30.0 Å². The lowest BCUT2D eigenvalue weighted by Gasteiger charge is -2.45. The fourth-order valence-corrected chi connectivity index (χ4v) is 3.87. The predicted molar refractivity (Wildman–Crippen MR) is 84.3 cm³/mol. The van der Waals surface area contributed by atoms with E-state index in [9.17, 15) is 9.90 Å². The molecule has 1 heterocycles. The zero-order valence-corrected chi connectivity index (χ0v) is 13.3. The summed E-state index contributed by atoms with van der Waals surface area (Å²) in [6, 6.07) is 10.1. The number of aliphatic hydroxyl groups excluding tert-OH is 1. The van der Waals surface area contributed by atoms with Gasteiger partial charge in [-0.1, -0.05) is 30.3 Å². The summed E-state index contributed by atoms with van der Waals surface area (Å²) in [7, 11) is 0. The van der Waals surface area contributed by atoms with Crippen LogP contribution >= 0.6 is 0 Å². The molecule has 22 heavy (non-hydrogen) atoms. The Kier molecular flexibility index (Phi) is 4.50. The Morgan fingerprint density at radius 1 is 1.23 bits per heavy atom. The van der Waals surface area contributed by atoms with E-state index in [4.69, 9.17) is 4.74 Å². The molecule has 1 aliphatic carbocycles. The van der Waals surface area contributed by atoms with Crippen molar-refractivity contribution in [2.45, 2.75) is 57.4 Å². The summed E-state index contributed by atoms with van der Waals surface area (Å²) in [5, 5.41) is 10.1. The summed E-state index contributed by atoms with van der Waals surface area (Å²) in [5.74, 6) is -0.145. The molecule has 1 saturated heterocycles. The summed E-state index contributed by atoms with van der Waals surface area (Å²) >= 11 is 0.